The van der Waals surface area contributed by atoms with Gasteiger partial charge in [0.2, 0.25) is 5.88 Å². The van der Waals surface area contributed by atoms with E-state index < -0.39 is 0 Å². The van der Waals surface area contributed by atoms with Crippen LogP contribution in [-0.2, 0) is 13.6 Å². The molecule has 0 spiro atoms. The Bertz CT molecular complexity index is 937. The number of carbonyl (C=O) groups excluding carboxylic acids is 1. The fraction of sp³-hybridized carbons (Fsp3) is 0.222. The summed E-state index contributed by atoms with van der Waals surface area (Å²) in [6.45, 7) is 3.89. The van der Waals surface area contributed by atoms with E-state index >= 15 is 0 Å². The van der Waals surface area contributed by atoms with Gasteiger partial charge in [0, 0.05) is 31.0 Å². The maximum atomic E-state index is 12.5. The summed E-state index contributed by atoms with van der Waals surface area (Å²) in [5.41, 5.74) is 2.56. The molecule has 7 nitrogen and oxygen atoms in total. The van der Waals surface area contributed by atoms with Crippen molar-refractivity contribution in [3.05, 3.63) is 64.3 Å². The molecule has 3 aromatic rings. The monoisotopic (exact) mass is 371 g/mol. The number of pyridine rings is 2. The second-order valence-electron chi connectivity index (χ2n) is 5.76. The molecule has 0 saturated carbocycles. The quantitative estimate of drug-likeness (QED) is 0.744. The molecule has 0 bridgehead atoms. The van der Waals surface area contributed by atoms with Crippen LogP contribution in [0.5, 0.6) is 11.6 Å². The van der Waals surface area contributed by atoms with Crippen molar-refractivity contribution in [1.82, 2.24) is 25.1 Å². The first kappa shape index (κ1) is 17.9. The van der Waals surface area contributed by atoms with E-state index in [-0.39, 0.29) is 12.5 Å². The molecule has 0 unspecified atom stereocenters. The number of halogens is 1. The maximum absolute atomic E-state index is 12.5. The van der Waals surface area contributed by atoms with Crippen molar-refractivity contribution in [2.24, 2.45) is 7.05 Å². The highest BCUT2D eigenvalue weighted by Gasteiger charge is 2.19. The van der Waals surface area contributed by atoms with Crippen LogP contribution in [0, 0.1) is 13.8 Å². The zero-order chi connectivity index (χ0) is 18.7. The summed E-state index contributed by atoms with van der Waals surface area (Å²) in [6, 6.07) is 7.29. The Balaban J connectivity index is 1.74. The Morgan fingerprint density at radius 2 is 2.08 bits per heavy atom. The topological polar surface area (TPSA) is 81.9 Å². The van der Waals surface area contributed by atoms with Gasteiger partial charge in [0.15, 0.2) is 0 Å². The molecule has 0 atom stereocenters. The third-order valence-electron chi connectivity index (χ3n) is 3.75. The van der Waals surface area contributed by atoms with E-state index in [9.17, 15) is 4.79 Å². The SMILES string of the molecule is Cc1ccc(Oc2ncccc2CNC(=O)c2c(Cl)c(C)nn2C)cn1. The lowest BCUT2D eigenvalue weighted by Crippen LogP contribution is -2.25. The van der Waals surface area contributed by atoms with Gasteiger partial charge < -0.3 is 10.1 Å². The van der Waals surface area contributed by atoms with E-state index in [1.165, 1.54) is 4.68 Å². The van der Waals surface area contributed by atoms with Crippen LogP contribution in [0.1, 0.15) is 27.4 Å². The first-order valence-electron chi connectivity index (χ1n) is 7.97. The highest BCUT2D eigenvalue weighted by molar-refractivity contribution is 6.34. The molecule has 0 saturated heterocycles. The predicted octanol–water partition coefficient (Wildman–Crippen LogP) is 3.20. The third-order valence-corrected chi connectivity index (χ3v) is 4.20. The van der Waals surface area contributed by atoms with Gasteiger partial charge in [0.25, 0.3) is 5.91 Å². The van der Waals surface area contributed by atoms with E-state index in [0.29, 0.717) is 28.0 Å². The number of carbonyl (C=O) groups is 1. The minimum atomic E-state index is -0.315. The molecular formula is C18H18ClN5O2. The van der Waals surface area contributed by atoms with Crippen molar-refractivity contribution in [1.29, 1.82) is 0 Å². The fourth-order valence-corrected chi connectivity index (χ4v) is 2.66. The molecule has 8 heteroatoms. The normalized spacial score (nSPS) is 10.6. The Labute approximate surface area is 156 Å². The molecule has 3 heterocycles. The summed E-state index contributed by atoms with van der Waals surface area (Å²) >= 11 is 6.15. The Hall–Kier alpha value is -2.93. The molecule has 0 fully saturated rings. The maximum Gasteiger partial charge on any atom is 0.271 e. The molecule has 0 aliphatic rings. The van der Waals surface area contributed by atoms with Crippen LogP contribution < -0.4 is 10.1 Å². The minimum absolute atomic E-state index is 0.238. The summed E-state index contributed by atoms with van der Waals surface area (Å²) in [7, 11) is 1.68. The van der Waals surface area contributed by atoms with Crippen molar-refractivity contribution in [2.75, 3.05) is 0 Å². The van der Waals surface area contributed by atoms with Crippen LogP contribution in [0.4, 0.5) is 0 Å². The van der Waals surface area contributed by atoms with Crippen molar-refractivity contribution in [3.8, 4) is 11.6 Å². The molecule has 0 aliphatic heterocycles. The number of amides is 1. The molecule has 0 radical (unpaired) electrons. The first-order valence-corrected chi connectivity index (χ1v) is 8.35. The van der Waals surface area contributed by atoms with Gasteiger partial charge in [-0.15, -0.1) is 0 Å². The average molecular weight is 372 g/mol. The van der Waals surface area contributed by atoms with Gasteiger partial charge in [-0.25, -0.2) is 4.98 Å². The largest absolute Gasteiger partial charge is 0.437 e. The standard InChI is InChI=1S/C18H18ClN5O2/c1-11-6-7-14(10-21-11)26-18-13(5-4-8-20-18)9-22-17(25)16-15(19)12(2)23-24(16)3/h4-8,10H,9H2,1-3H3,(H,22,25). The first-order chi connectivity index (χ1) is 12.5. The van der Waals surface area contributed by atoms with E-state index in [1.807, 2.05) is 25.1 Å². The zero-order valence-electron chi connectivity index (χ0n) is 14.7. The minimum Gasteiger partial charge on any atom is -0.437 e. The molecule has 3 rings (SSSR count). The highest BCUT2D eigenvalue weighted by atomic mass is 35.5. The second-order valence-corrected chi connectivity index (χ2v) is 6.14. The van der Waals surface area contributed by atoms with Gasteiger partial charge >= 0.3 is 0 Å². The predicted molar refractivity (Wildman–Crippen MR) is 97.4 cm³/mol. The van der Waals surface area contributed by atoms with Crippen molar-refractivity contribution in [2.45, 2.75) is 20.4 Å². The van der Waals surface area contributed by atoms with Crippen LogP contribution in [0.25, 0.3) is 0 Å². The molecule has 26 heavy (non-hydrogen) atoms. The number of nitrogens with zero attached hydrogens (tertiary/aromatic N) is 4. The van der Waals surface area contributed by atoms with Crippen LogP contribution in [0.15, 0.2) is 36.7 Å². The summed E-state index contributed by atoms with van der Waals surface area (Å²) in [4.78, 5) is 20.9. The zero-order valence-corrected chi connectivity index (χ0v) is 15.4. The van der Waals surface area contributed by atoms with Crippen molar-refractivity contribution < 1.29 is 9.53 Å². The lowest BCUT2D eigenvalue weighted by molar-refractivity contribution is 0.0941. The van der Waals surface area contributed by atoms with E-state index in [1.54, 1.807) is 32.4 Å². The average Bonchev–Trinajstić information content (AvgIpc) is 2.88. The van der Waals surface area contributed by atoms with E-state index in [0.717, 1.165) is 11.3 Å². The van der Waals surface area contributed by atoms with Gasteiger partial charge in [0.1, 0.15) is 11.4 Å². The summed E-state index contributed by atoms with van der Waals surface area (Å²) in [5, 5.41) is 7.32. The van der Waals surface area contributed by atoms with Gasteiger partial charge in [-0.05, 0) is 32.0 Å². The number of hydrogen-bond donors (Lipinski definition) is 1. The summed E-state index contributed by atoms with van der Waals surface area (Å²) in [5.74, 6) is 0.669. The van der Waals surface area contributed by atoms with Crippen LogP contribution in [-0.4, -0.2) is 25.7 Å². The van der Waals surface area contributed by atoms with Gasteiger partial charge in [-0.3, -0.25) is 14.5 Å². The van der Waals surface area contributed by atoms with Crippen LogP contribution in [0.3, 0.4) is 0 Å². The molecule has 1 N–H and O–H groups in total. The number of rotatable bonds is 5. The van der Waals surface area contributed by atoms with Gasteiger partial charge in [-0.1, -0.05) is 17.7 Å². The number of nitrogens with one attached hydrogen (secondary N) is 1. The Morgan fingerprint density at radius 3 is 2.73 bits per heavy atom. The molecule has 3 aromatic heterocycles. The van der Waals surface area contributed by atoms with Crippen molar-refractivity contribution in [3.63, 3.8) is 0 Å². The third kappa shape index (κ3) is 3.83. The molecular weight excluding hydrogens is 354 g/mol. The summed E-state index contributed by atoms with van der Waals surface area (Å²) in [6.07, 6.45) is 3.26. The molecule has 0 aliphatic carbocycles. The van der Waals surface area contributed by atoms with Crippen molar-refractivity contribution >= 4 is 17.5 Å². The smallest absolute Gasteiger partial charge is 0.271 e. The lowest BCUT2D eigenvalue weighted by atomic mass is 10.2. The van der Waals surface area contributed by atoms with Crippen LogP contribution >= 0.6 is 11.6 Å². The highest BCUT2D eigenvalue weighted by Crippen LogP contribution is 2.23. The van der Waals surface area contributed by atoms with E-state index in [2.05, 4.69) is 20.4 Å². The Kier molecular flexibility index (Phi) is 5.18. The lowest BCUT2D eigenvalue weighted by Gasteiger charge is -2.11. The molecule has 0 aromatic carbocycles. The van der Waals surface area contributed by atoms with Gasteiger partial charge in [0.05, 0.1) is 16.9 Å². The number of hydrogen-bond acceptors (Lipinski definition) is 5. The van der Waals surface area contributed by atoms with E-state index in [4.69, 9.17) is 16.3 Å². The number of aromatic nitrogens is 4. The number of ether oxygens (including phenoxy) is 1. The molecule has 134 valence electrons. The summed E-state index contributed by atoms with van der Waals surface area (Å²) < 4.78 is 7.25. The molecule has 1 amide bonds. The van der Waals surface area contributed by atoms with Crippen LogP contribution in [0.2, 0.25) is 5.02 Å². The number of aryl methyl sites for hydroxylation is 3. The fourth-order valence-electron chi connectivity index (χ4n) is 2.41. The second kappa shape index (κ2) is 7.53. The van der Waals surface area contributed by atoms with Gasteiger partial charge in [-0.2, -0.15) is 5.10 Å². The Morgan fingerprint density at radius 1 is 1.27 bits per heavy atom.